The highest BCUT2D eigenvalue weighted by Gasteiger charge is 2.32. The highest BCUT2D eigenvalue weighted by molar-refractivity contribution is 7.88. The van der Waals surface area contributed by atoms with E-state index in [0.717, 1.165) is 66.8 Å². The fourth-order valence-electron chi connectivity index (χ4n) is 6.83. The van der Waals surface area contributed by atoms with Crippen molar-refractivity contribution in [3.8, 4) is 6.07 Å². The molecule has 9 nitrogen and oxygen atoms in total. The molecule has 1 aromatic carbocycles. The summed E-state index contributed by atoms with van der Waals surface area (Å²) in [4.78, 5) is 14.0. The Labute approximate surface area is 278 Å². The van der Waals surface area contributed by atoms with Gasteiger partial charge in [0.15, 0.2) is 0 Å². The number of halogens is 4. The van der Waals surface area contributed by atoms with E-state index >= 15 is 0 Å². The second-order valence-corrected chi connectivity index (χ2v) is 14.9. The summed E-state index contributed by atoms with van der Waals surface area (Å²) < 4.78 is 67.5. The van der Waals surface area contributed by atoms with Crippen LogP contribution in [0.25, 0.3) is 21.1 Å². The number of nitrogens with zero attached hydrogens (tertiary/aromatic N) is 7. The Morgan fingerprint density at radius 1 is 1.09 bits per heavy atom. The second kappa shape index (κ2) is 14.2. The molecule has 4 aromatic rings. The van der Waals surface area contributed by atoms with Gasteiger partial charge in [-0.1, -0.05) is 6.07 Å². The van der Waals surface area contributed by atoms with Gasteiger partial charge in [0.05, 0.1) is 35.8 Å². The summed E-state index contributed by atoms with van der Waals surface area (Å²) in [5.74, 6) is 0.585. The number of piperazine rings is 1. The number of aryl methyl sites for hydroxylation is 1. The SMILES string of the molecule is Cc1c(CN2CCC(Nc3ncnc4sc(CC(F)(F)F)cc34)CC2)ccc2c1cc(C#N)n2CCN1CCN([S+]([O-])CF)C(C)C1. The van der Waals surface area contributed by atoms with Crippen LogP contribution in [0.1, 0.15) is 41.5 Å². The lowest BCUT2D eigenvalue weighted by Crippen LogP contribution is -2.54. The van der Waals surface area contributed by atoms with Crippen molar-refractivity contribution in [1.82, 2.24) is 28.6 Å². The maximum Gasteiger partial charge on any atom is 0.393 e. The number of fused-ring (bicyclic) bond motifs is 2. The highest BCUT2D eigenvalue weighted by Crippen LogP contribution is 2.33. The van der Waals surface area contributed by atoms with Crippen LogP contribution in [0, 0.1) is 18.3 Å². The molecule has 47 heavy (non-hydrogen) atoms. The molecule has 2 fully saturated rings. The molecule has 0 aliphatic carbocycles. The third kappa shape index (κ3) is 7.68. The topological polar surface area (TPSA) is 99.3 Å². The molecule has 1 N–H and O–H groups in total. The van der Waals surface area contributed by atoms with Crippen molar-refractivity contribution in [2.24, 2.45) is 0 Å². The van der Waals surface area contributed by atoms with Crippen LogP contribution in [0.3, 0.4) is 0 Å². The summed E-state index contributed by atoms with van der Waals surface area (Å²) in [6, 6.07) is 9.44. The lowest BCUT2D eigenvalue weighted by Gasteiger charge is -2.38. The van der Waals surface area contributed by atoms with E-state index < -0.39 is 30.0 Å². The molecule has 2 saturated heterocycles. The number of aromatic nitrogens is 3. The molecule has 0 amide bonds. The summed E-state index contributed by atoms with van der Waals surface area (Å²) in [6.45, 7) is 9.93. The molecule has 0 spiro atoms. The molecule has 252 valence electrons. The summed E-state index contributed by atoms with van der Waals surface area (Å²) in [5.41, 5.74) is 4.01. The Hall–Kier alpha value is -3.00. The van der Waals surface area contributed by atoms with Crippen LogP contribution >= 0.6 is 11.3 Å². The number of piperidine rings is 1. The zero-order valence-electron chi connectivity index (χ0n) is 26.4. The van der Waals surface area contributed by atoms with Gasteiger partial charge in [-0.25, -0.2) is 9.97 Å². The van der Waals surface area contributed by atoms with Crippen LogP contribution in [-0.4, -0.2) is 96.7 Å². The Balaban J connectivity index is 1.06. The first kappa shape index (κ1) is 33.9. The molecular weight excluding hydrogens is 653 g/mol. The third-order valence-electron chi connectivity index (χ3n) is 9.30. The number of hydrogen-bond acceptors (Lipinski definition) is 9. The number of benzene rings is 1. The summed E-state index contributed by atoms with van der Waals surface area (Å²) in [5, 5.41) is 15.1. The first-order chi connectivity index (χ1) is 22.5. The van der Waals surface area contributed by atoms with Crippen molar-refractivity contribution in [2.45, 2.75) is 64.5 Å². The molecule has 0 bridgehead atoms. The van der Waals surface area contributed by atoms with Crippen LogP contribution in [0.2, 0.25) is 0 Å². The molecule has 2 aliphatic heterocycles. The van der Waals surface area contributed by atoms with Crippen LogP contribution in [0.4, 0.5) is 23.4 Å². The number of likely N-dealkylation sites (tertiary alicyclic amines) is 1. The number of anilines is 1. The zero-order chi connectivity index (χ0) is 33.3. The van der Waals surface area contributed by atoms with Crippen LogP contribution in [0.5, 0.6) is 0 Å². The lowest BCUT2D eigenvalue weighted by molar-refractivity contribution is -0.126. The minimum Gasteiger partial charge on any atom is -0.596 e. The Morgan fingerprint density at radius 2 is 1.87 bits per heavy atom. The minimum absolute atomic E-state index is 0.00746. The van der Waals surface area contributed by atoms with Crippen molar-refractivity contribution < 1.29 is 22.1 Å². The molecule has 2 aliphatic rings. The minimum atomic E-state index is -4.27. The Morgan fingerprint density at radius 3 is 2.57 bits per heavy atom. The van der Waals surface area contributed by atoms with Gasteiger partial charge < -0.3 is 14.4 Å². The summed E-state index contributed by atoms with van der Waals surface area (Å²) >= 11 is -0.533. The van der Waals surface area contributed by atoms with E-state index in [4.69, 9.17) is 0 Å². The van der Waals surface area contributed by atoms with Crippen molar-refractivity contribution in [3.63, 3.8) is 0 Å². The van der Waals surface area contributed by atoms with E-state index in [1.165, 1.54) is 11.9 Å². The van der Waals surface area contributed by atoms with E-state index in [1.807, 2.05) is 13.0 Å². The molecule has 0 saturated carbocycles. The molecule has 2 unspecified atom stereocenters. The smallest absolute Gasteiger partial charge is 0.393 e. The molecule has 2 atom stereocenters. The number of nitrogens with one attached hydrogen (secondary N) is 1. The maximum absolute atomic E-state index is 12.9. The number of thiophene rings is 1. The predicted octanol–water partition coefficient (Wildman–Crippen LogP) is 5.60. The van der Waals surface area contributed by atoms with Gasteiger partial charge in [0, 0.05) is 67.6 Å². The van der Waals surface area contributed by atoms with Crippen molar-refractivity contribution in [2.75, 3.05) is 50.6 Å². The Kier molecular flexibility index (Phi) is 10.3. The predicted molar refractivity (Wildman–Crippen MR) is 177 cm³/mol. The van der Waals surface area contributed by atoms with Gasteiger partial charge in [0.1, 0.15) is 28.7 Å². The highest BCUT2D eigenvalue weighted by atomic mass is 32.2. The van der Waals surface area contributed by atoms with Gasteiger partial charge in [0.25, 0.3) is 6.01 Å². The molecular formula is C32H38F4N8OS2. The van der Waals surface area contributed by atoms with Gasteiger partial charge in [-0.2, -0.15) is 22.8 Å². The third-order valence-corrected chi connectivity index (χ3v) is 11.6. The number of rotatable bonds is 10. The monoisotopic (exact) mass is 690 g/mol. The standard InChI is InChI=1S/C32H38F4N8OS2/c1-21-17-42(10-12-44(21)47(45)19-33)9-11-43-25(16-37)13-27-22(2)23(3-4-29(27)43)18-41-7-5-24(6-8-41)40-30-28-14-26(15-32(34,35)36)46-31(28)39-20-38-30/h3-4,13-14,20-21,24H,5-12,15,17-19H2,1-2H3,(H,38,39,40). The first-order valence-electron chi connectivity index (χ1n) is 15.8. The van der Waals surface area contributed by atoms with Gasteiger partial charge in [-0.3, -0.25) is 9.80 Å². The first-order valence-corrected chi connectivity index (χ1v) is 17.9. The average molecular weight is 691 g/mol. The van der Waals surface area contributed by atoms with Gasteiger partial charge >= 0.3 is 6.18 Å². The van der Waals surface area contributed by atoms with E-state index in [2.05, 4.69) is 54.8 Å². The van der Waals surface area contributed by atoms with E-state index in [-0.39, 0.29) is 17.0 Å². The maximum atomic E-state index is 12.9. The van der Waals surface area contributed by atoms with Crippen molar-refractivity contribution in [3.05, 3.63) is 52.3 Å². The van der Waals surface area contributed by atoms with Crippen molar-refractivity contribution >= 4 is 49.6 Å². The fourth-order valence-corrected chi connectivity index (χ4v) is 8.73. The molecule has 6 rings (SSSR count). The van der Waals surface area contributed by atoms with Gasteiger partial charge in [-0.05, 0) is 56.0 Å². The summed E-state index contributed by atoms with van der Waals surface area (Å²) in [6.07, 6.45) is -2.08. The molecule has 0 radical (unpaired) electrons. The van der Waals surface area contributed by atoms with Crippen molar-refractivity contribution in [1.29, 1.82) is 5.26 Å². The number of hydrogen-bond donors (Lipinski definition) is 1. The lowest BCUT2D eigenvalue weighted by atomic mass is 10.0. The quantitative estimate of drug-likeness (QED) is 0.170. The van der Waals surface area contributed by atoms with E-state index in [0.29, 0.717) is 47.9 Å². The van der Waals surface area contributed by atoms with Gasteiger partial charge in [-0.15, -0.1) is 15.6 Å². The molecule has 15 heteroatoms. The second-order valence-electron chi connectivity index (χ2n) is 12.4. The molecule has 5 heterocycles. The normalized spacial score (nSPS) is 19.8. The molecule has 3 aromatic heterocycles. The van der Waals surface area contributed by atoms with Gasteiger partial charge in [0.2, 0.25) is 0 Å². The fraction of sp³-hybridized carbons (Fsp3) is 0.531. The van der Waals surface area contributed by atoms with E-state index in [9.17, 15) is 27.4 Å². The largest absolute Gasteiger partial charge is 0.596 e. The number of nitriles is 1. The number of alkyl halides is 4. The van der Waals surface area contributed by atoms with Crippen LogP contribution in [0.15, 0.2) is 30.6 Å². The Bertz CT molecular complexity index is 1750. The van der Waals surface area contributed by atoms with E-state index in [1.54, 1.807) is 10.4 Å². The van der Waals surface area contributed by atoms with Crippen LogP contribution in [-0.2, 0) is 30.9 Å². The summed E-state index contributed by atoms with van der Waals surface area (Å²) in [7, 11) is 0. The average Bonchev–Trinajstić information content (AvgIpc) is 3.62. The zero-order valence-corrected chi connectivity index (χ0v) is 28.0. The van der Waals surface area contributed by atoms with Crippen LogP contribution < -0.4 is 5.32 Å².